The van der Waals surface area contributed by atoms with Crippen molar-refractivity contribution in [2.45, 2.75) is 26.8 Å². The molecule has 0 fully saturated rings. The molecule has 1 atom stereocenters. The van der Waals surface area contributed by atoms with E-state index in [4.69, 9.17) is 9.26 Å². The van der Waals surface area contributed by atoms with Gasteiger partial charge in [0.1, 0.15) is 11.6 Å². The second-order valence-corrected chi connectivity index (χ2v) is 8.48. The molecular weight excluding hydrogens is 459 g/mol. The molecule has 0 saturated heterocycles. The number of amides is 2. The van der Waals surface area contributed by atoms with Crippen LogP contribution in [0.3, 0.4) is 0 Å². The van der Waals surface area contributed by atoms with Crippen LogP contribution in [0, 0.1) is 12.7 Å². The molecule has 36 heavy (non-hydrogen) atoms. The van der Waals surface area contributed by atoms with Gasteiger partial charge in [-0.1, -0.05) is 35.0 Å². The van der Waals surface area contributed by atoms with E-state index >= 15 is 0 Å². The van der Waals surface area contributed by atoms with Gasteiger partial charge in [-0.05, 0) is 74.9 Å². The monoisotopic (exact) mass is 484 g/mol. The normalized spacial score (nSPS) is 15.7. The van der Waals surface area contributed by atoms with Gasteiger partial charge in [0.05, 0.1) is 23.9 Å². The number of urea groups is 1. The maximum Gasteiger partial charge on any atom is 0.326 e. The van der Waals surface area contributed by atoms with Gasteiger partial charge >= 0.3 is 6.03 Å². The van der Waals surface area contributed by atoms with Crippen LogP contribution in [0.4, 0.5) is 14.9 Å². The largest absolute Gasteiger partial charge is 0.494 e. The Morgan fingerprint density at radius 3 is 2.36 bits per heavy atom. The van der Waals surface area contributed by atoms with Crippen molar-refractivity contribution in [3.63, 3.8) is 0 Å². The molecule has 1 unspecified atom stereocenters. The Kier molecular flexibility index (Phi) is 6.25. The van der Waals surface area contributed by atoms with Gasteiger partial charge in [0.2, 0.25) is 5.82 Å². The van der Waals surface area contributed by atoms with Crippen molar-refractivity contribution in [3.05, 3.63) is 101 Å². The number of allylic oxidation sites excluding steroid dienone is 1. The molecule has 0 bridgehead atoms. The van der Waals surface area contributed by atoms with Crippen LogP contribution in [-0.4, -0.2) is 22.8 Å². The van der Waals surface area contributed by atoms with Crippen LogP contribution in [-0.2, 0) is 0 Å². The number of aryl methyl sites for hydroxylation is 1. The molecule has 4 aromatic rings. The number of carbonyl (C=O) groups is 1. The molecule has 0 spiro atoms. The number of carbonyl (C=O) groups excluding carboxylic acids is 1. The van der Waals surface area contributed by atoms with E-state index in [1.54, 1.807) is 17.0 Å². The van der Waals surface area contributed by atoms with E-state index in [-0.39, 0.29) is 17.7 Å². The van der Waals surface area contributed by atoms with E-state index in [1.807, 2.05) is 69.3 Å². The Labute approximate surface area is 208 Å². The Morgan fingerprint density at radius 2 is 1.69 bits per heavy atom. The minimum absolute atomic E-state index is 0.267. The van der Waals surface area contributed by atoms with Crippen LogP contribution >= 0.6 is 0 Å². The minimum Gasteiger partial charge on any atom is -0.494 e. The molecule has 1 N–H and O–H groups in total. The molecule has 8 heteroatoms. The lowest BCUT2D eigenvalue weighted by molar-refractivity contribution is 0.244. The number of nitrogens with zero attached hydrogens (tertiary/aromatic N) is 3. The zero-order valence-electron chi connectivity index (χ0n) is 20.2. The molecule has 7 nitrogen and oxygen atoms in total. The number of benzene rings is 3. The third kappa shape index (κ3) is 4.45. The molecule has 182 valence electrons. The standard InChI is InChI=1S/C28H25FN4O3/c1-4-35-23-15-9-20(10-16-23)26-31-27(36-32-26)24-18(3)33(22-13-5-17(2)6-14-22)28(34)30-25(24)19-7-11-21(29)12-8-19/h5-16,25H,4H2,1-3H3,(H,30,34). The van der Waals surface area contributed by atoms with Gasteiger partial charge in [-0.2, -0.15) is 4.98 Å². The van der Waals surface area contributed by atoms with Crippen molar-refractivity contribution >= 4 is 17.3 Å². The fourth-order valence-corrected chi connectivity index (χ4v) is 4.25. The summed E-state index contributed by atoms with van der Waals surface area (Å²) in [4.78, 5) is 19.5. The Hall–Kier alpha value is -4.46. The highest BCUT2D eigenvalue weighted by atomic mass is 19.1. The summed E-state index contributed by atoms with van der Waals surface area (Å²) in [5, 5.41) is 7.22. The van der Waals surface area contributed by atoms with Crippen LogP contribution in [0.1, 0.15) is 36.9 Å². The predicted octanol–water partition coefficient (Wildman–Crippen LogP) is 6.28. The summed E-state index contributed by atoms with van der Waals surface area (Å²) in [6, 6.07) is 20.2. The highest BCUT2D eigenvalue weighted by molar-refractivity contribution is 6.01. The topological polar surface area (TPSA) is 80.5 Å². The lowest BCUT2D eigenvalue weighted by Gasteiger charge is -2.35. The van der Waals surface area contributed by atoms with Crippen LogP contribution in [0.25, 0.3) is 17.0 Å². The highest BCUT2D eigenvalue weighted by Crippen LogP contribution is 2.39. The van der Waals surface area contributed by atoms with Gasteiger partial charge in [0.15, 0.2) is 0 Å². The molecule has 3 aromatic carbocycles. The molecule has 0 radical (unpaired) electrons. The maximum absolute atomic E-state index is 13.7. The van der Waals surface area contributed by atoms with Crippen LogP contribution in [0.5, 0.6) is 5.75 Å². The van der Waals surface area contributed by atoms with Crippen LogP contribution in [0.2, 0.25) is 0 Å². The first-order chi connectivity index (χ1) is 17.4. The quantitative estimate of drug-likeness (QED) is 0.348. The van der Waals surface area contributed by atoms with Crippen molar-refractivity contribution < 1.29 is 18.4 Å². The van der Waals surface area contributed by atoms with Gasteiger partial charge in [0.25, 0.3) is 5.89 Å². The van der Waals surface area contributed by atoms with Crippen LogP contribution < -0.4 is 15.0 Å². The highest BCUT2D eigenvalue weighted by Gasteiger charge is 2.36. The molecule has 2 amide bonds. The number of hydrogen-bond donors (Lipinski definition) is 1. The van der Waals surface area contributed by atoms with E-state index in [9.17, 15) is 9.18 Å². The second-order valence-electron chi connectivity index (χ2n) is 8.48. The number of hydrogen-bond acceptors (Lipinski definition) is 5. The first-order valence-corrected chi connectivity index (χ1v) is 11.7. The summed E-state index contributed by atoms with van der Waals surface area (Å²) < 4.78 is 24.9. The summed E-state index contributed by atoms with van der Waals surface area (Å²) in [6.45, 7) is 6.33. The molecule has 1 aromatic heterocycles. The Bertz CT molecular complexity index is 1410. The molecule has 1 aliphatic rings. The zero-order chi connectivity index (χ0) is 25.2. The van der Waals surface area contributed by atoms with Crippen molar-refractivity contribution in [2.24, 2.45) is 0 Å². The van der Waals surface area contributed by atoms with E-state index in [1.165, 1.54) is 12.1 Å². The number of anilines is 1. The Balaban J connectivity index is 1.60. The van der Waals surface area contributed by atoms with Crippen molar-refractivity contribution in [1.29, 1.82) is 0 Å². The number of halogens is 1. The minimum atomic E-state index is -0.603. The average molecular weight is 485 g/mol. The predicted molar refractivity (Wildman–Crippen MR) is 135 cm³/mol. The molecular formula is C28H25FN4O3. The molecule has 2 heterocycles. The third-order valence-electron chi connectivity index (χ3n) is 6.06. The lowest BCUT2D eigenvalue weighted by Crippen LogP contribution is -2.46. The first kappa shape index (κ1) is 23.3. The van der Waals surface area contributed by atoms with Gasteiger partial charge in [-0.15, -0.1) is 0 Å². The fourth-order valence-electron chi connectivity index (χ4n) is 4.25. The van der Waals surface area contributed by atoms with Crippen molar-refractivity contribution in [3.8, 4) is 17.1 Å². The summed E-state index contributed by atoms with van der Waals surface area (Å²) in [6.07, 6.45) is 0. The second kappa shape index (κ2) is 9.65. The average Bonchev–Trinajstić information content (AvgIpc) is 3.36. The maximum atomic E-state index is 13.7. The summed E-state index contributed by atoms with van der Waals surface area (Å²) in [7, 11) is 0. The summed E-state index contributed by atoms with van der Waals surface area (Å²) in [5.74, 6) is 1.07. The third-order valence-corrected chi connectivity index (χ3v) is 6.06. The SMILES string of the molecule is CCOc1ccc(-c2noc(C3=C(C)N(c4ccc(C)cc4)C(=O)NC3c3ccc(F)cc3)n2)cc1. The van der Waals surface area contributed by atoms with E-state index in [0.717, 1.165) is 16.9 Å². The lowest BCUT2D eigenvalue weighted by atomic mass is 9.94. The van der Waals surface area contributed by atoms with Crippen molar-refractivity contribution in [1.82, 2.24) is 15.5 Å². The van der Waals surface area contributed by atoms with Gasteiger partial charge in [-0.3, -0.25) is 4.90 Å². The molecule has 1 aliphatic heterocycles. The van der Waals surface area contributed by atoms with E-state index in [0.29, 0.717) is 35.0 Å². The van der Waals surface area contributed by atoms with E-state index < -0.39 is 6.04 Å². The number of rotatable bonds is 6. The first-order valence-electron chi connectivity index (χ1n) is 11.7. The van der Waals surface area contributed by atoms with Crippen LogP contribution in [0.15, 0.2) is 83.0 Å². The molecule has 0 saturated carbocycles. The number of nitrogens with one attached hydrogen (secondary N) is 1. The summed E-state index contributed by atoms with van der Waals surface area (Å²) >= 11 is 0. The Morgan fingerprint density at radius 1 is 1.00 bits per heavy atom. The number of ether oxygens (including phenoxy) is 1. The fraction of sp³-hybridized carbons (Fsp3) is 0.179. The van der Waals surface area contributed by atoms with Gasteiger partial charge in [-0.25, -0.2) is 9.18 Å². The molecule has 0 aliphatic carbocycles. The van der Waals surface area contributed by atoms with Gasteiger partial charge < -0.3 is 14.6 Å². The zero-order valence-corrected chi connectivity index (χ0v) is 20.2. The number of aromatic nitrogens is 2. The van der Waals surface area contributed by atoms with E-state index in [2.05, 4.69) is 15.5 Å². The summed E-state index contributed by atoms with van der Waals surface area (Å²) in [5.41, 5.74) is 4.52. The van der Waals surface area contributed by atoms with Crippen molar-refractivity contribution in [2.75, 3.05) is 11.5 Å². The smallest absolute Gasteiger partial charge is 0.326 e. The molecule has 5 rings (SSSR count). The van der Waals surface area contributed by atoms with Gasteiger partial charge in [0, 0.05) is 11.3 Å².